The first-order valence-electron chi connectivity index (χ1n) is 8.06. The summed E-state index contributed by atoms with van der Waals surface area (Å²) < 4.78 is 13.4. The lowest BCUT2D eigenvalue weighted by Crippen LogP contribution is -2.38. The monoisotopic (exact) mass is 472 g/mol. The number of aromatic nitrogens is 1. The molecule has 3 aromatic rings. The van der Waals surface area contributed by atoms with Crippen LogP contribution in [0.3, 0.4) is 0 Å². The van der Waals surface area contributed by atoms with Gasteiger partial charge < -0.3 is 15.6 Å². The molecule has 0 aliphatic rings. The number of nitrogens with one attached hydrogen (secondary N) is 3. The molecule has 2 aromatic heterocycles. The zero-order valence-corrected chi connectivity index (χ0v) is 17.2. The van der Waals surface area contributed by atoms with Crippen LogP contribution in [-0.2, 0) is 13.0 Å². The van der Waals surface area contributed by atoms with Gasteiger partial charge in [-0.3, -0.25) is 0 Å². The summed E-state index contributed by atoms with van der Waals surface area (Å²) in [6.07, 6.45) is 2.74. The number of rotatable bonds is 6. The Labute approximate surface area is 168 Å². The number of thiophene rings is 1. The molecule has 0 saturated heterocycles. The van der Waals surface area contributed by atoms with Gasteiger partial charge in [0.15, 0.2) is 5.96 Å². The second-order valence-electron chi connectivity index (χ2n) is 5.46. The third kappa shape index (κ3) is 5.43. The van der Waals surface area contributed by atoms with Gasteiger partial charge in [0, 0.05) is 35.1 Å². The lowest BCUT2D eigenvalue weighted by molar-refractivity contribution is 0.629. The first kappa shape index (κ1) is 19.7. The van der Waals surface area contributed by atoms with Crippen molar-refractivity contribution in [3.05, 3.63) is 58.2 Å². The summed E-state index contributed by atoms with van der Waals surface area (Å²) in [5, 5.41) is 9.58. The number of hydrogen-bond acceptors (Lipinski definition) is 2. The van der Waals surface area contributed by atoms with Gasteiger partial charge in [-0.25, -0.2) is 9.38 Å². The molecule has 0 aliphatic carbocycles. The number of hydrogen-bond donors (Lipinski definition) is 3. The quantitative estimate of drug-likeness (QED) is 0.285. The third-order valence-electron chi connectivity index (χ3n) is 3.73. The summed E-state index contributed by atoms with van der Waals surface area (Å²) in [5.74, 6) is 0.596. The Kier molecular flexibility index (Phi) is 7.70. The van der Waals surface area contributed by atoms with Gasteiger partial charge in [0.25, 0.3) is 0 Å². The second-order valence-corrected chi connectivity index (χ2v) is 6.49. The average Bonchev–Trinajstić information content (AvgIpc) is 3.22. The Morgan fingerprint density at radius 3 is 2.92 bits per heavy atom. The van der Waals surface area contributed by atoms with E-state index in [0.717, 1.165) is 41.9 Å². The SMILES string of the molecule is CCNC(=NCc1cccs1)NCCc1c[nH]c2ccc(F)cc12.I. The van der Waals surface area contributed by atoms with Crippen molar-refractivity contribution < 1.29 is 4.39 Å². The van der Waals surface area contributed by atoms with Crippen molar-refractivity contribution in [3.8, 4) is 0 Å². The minimum atomic E-state index is -0.206. The van der Waals surface area contributed by atoms with Crippen molar-refractivity contribution in [1.82, 2.24) is 15.6 Å². The van der Waals surface area contributed by atoms with E-state index < -0.39 is 0 Å². The number of halogens is 2. The van der Waals surface area contributed by atoms with Gasteiger partial charge in [-0.05, 0) is 48.6 Å². The van der Waals surface area contributed by atoms with Crippen molar-refractivity contribution in [1.29, 1.82) is 0 Å². The molecule has 0 bridgehead atoms. The van der Waals surface area contributed by atoms with E-state index in [9.17, 15) is 4.39 Å². The Morgan fingerprint density at radius 2 is 2.16 bits per heavy atom. The summed E-state index contributed by atoms with van der Waals surface area (Å²) in [6.45, 7) is 4.27. The van der Waals surface area contributed by atoms with Crippen LogP contribution in [-0.4, -0.2) is 24.0 Å². The first-order valence-corrected chi connectivity index (χ1v) is 8.94. The molecule has 7 heteroatoms. The molecule has 0 fully saturated rings. The van der Waals surface area contributed by atoms with Gasteiger partial charge in [0.05, 0.1) is 6.54 Å². The predicted octanol–water partition coefficient (Wildman–Crippen LogP) is 4.28. The molecule has 0 radical (unpaired) electrons. The van der Waals surface area contributed by atoms with Gasteiger partial charge in [-0.2, -0.15) is 0 Å². The van der Waals surface area contributed by atoms with Crippen molar-refractivity contribution in [2.45, 2.75) is 19.9 Å². The third-order valence-corrected chi connectivity index (χ3v) is 4.59. The van der Waals surface area contributed by atoms with Crippen molar-refractivity contribution in [2.75, 3.05) is 13.1 Å². The molecule has 0 aliphatic heterocycles. The highest BCUT2D eigenvalue weighted by Crippen LogP contribution is 2.19. The maximum absolute atomic E-state index is 13.4. The van der Waals surface area contributed by atoms with E-state index in [4.69, 9.17) is 0 Å². The van der Waals surface area contributed by atoms with Crippen LogP contribution in [0.1, 0.15) is 17.4 Å². The standard InChI is InChI=1S/C18H21FN4S.HI/c1-2-20-18(23-12-15-4-3-9-24-15)21-8-7-13-11-22-17-6-5-14(19)10-16(13)17;/h3-6,9-11,22H,2,7-8,12H2,1H3,(H2,20,21,23);1H. The molecule has 134 valence electrons. The second kappa shape index (κ2) is 9.76. The molecule has 1 aromatic carbocycles. The number of guanidine groups is 1. The molecular formula is C18H22FIN4S. The smallest absolute Gasteiger partial charge is 0.191 e. The maximum Gasteiger partial charge on any atom is 0.191 e. The molecule has 25 heavy (non-hydrogen) atoms. The highest BCUT2D eigenvalue weighted by Gasteiger charge is 2.05. The van der Waals surface area contributed by atoms with E-state index in [1.54, 1.807) is 23.5 Å². The van der Waals surface area contributed by atoms with Gasteiger partial charge in [0.2, 0.25) is 0 Å². The fourth-order valence-corrected chi connectivity index (χ4v) is 3.20. The Bertz CT molecular complexity index is 814. The molecule has 0 spiro atoms. The summed E-state index contributed by atoms with van der Waals surface area (Å²) in [4.78, 5) is 9.01. The minimum Gasteiger partial charge on any atom is -0.361 e. The van der Waals surface area contributed by atoms with E-state index in [2.05, 4.69) is 32.1 Å². The fourth-order valence-electron chi connectivity index (χ4n) is 2.57. The molecule has 4 nitrogen and oxygen atoms in total. The van der Waals surface area contributed by atoms with Crippen LogP contribution < -0.4 is 10.6 Å². The number of aromatic amines is 1. The molecule has 0 unspecified atom stereocenters. The van der Waals surface area contributed by atoms with Crippen LogP contribution >= 0.6 is 35.3 Å². The van der Waals surface area contributed by atoms with Gasteiger partial charge in [-0.1, -0.05) is 6.07 Å². The molecule has 0 saturated carbocycles. The summed E-state index contributed by atoms with van der Waals surface area (Å²) in [7, 11) is 0. The van der Waals surface area contributed by atoms with Crippen molar-refractivity contribution >= 4 is 52.2 Å². The van der Waals surface area contributed by atoms with Crippen molar-refractivity contribution in [2.24, 2.45) is 4.99 Å². The number of aliphatic imine (C=N–C) groups is 1. The minimum absolute atomic E-state index is 0. The average molecular weight is 472 g/mol. The van der Waals surface area contributed by atoms with Gasteiger partial charge in [0.1, 0.15) is 5.82 Å². The number of nitrogens with zero attached hydrogens (tertiary/aromatic N) is 1. The lowest BCUT2D eigenvalue weighted by Gasteiger charge is -2.10. The molecule has 3 N–H and O–H groups in total. The summed E-state index contributed by atoms with van der Waals surface area (Å²) in [5.41, 5.74) is 2.07. The number of H-pyrrole nitrogens is 1. The summed E-state index contributed by atoms with van der Waals surface area (Å²) >= 11 is 1.71. The first-order chi connectivity index (χ1) is 11.8. The predicted molar refractivity (Wildman–Crippen MR) is 115 cm³/mol. The Morgan fingerprint density at radius 1 is 1.28 bits per heavy atom. The Hall–Kier alpha value is -1.61. The Balaban J connectivity index is 0.00000225. The highest BCUT2D eigenvalue weighted by molar-refractivity contribution is 14.0. The maximum atomic E-state index is 13.4. The van der Waals surface area contributed by atoms with E-state index in [0.29, 0.717) is 6.54 Å². The van der Waals surface area contributed by atoms with E-state index >= 15 is 0 Å². The lowest BCUT2D eigenvalue weighted by atomic mass is 10.1. The summed E-state index contributed by atoms with van der Waals surface area (Å²) in [6, 6.07) is 8.94. The number of benzene rings is 1. The van der Waals surface area contributed by atoms with Crippen LogP contribution in [0.5, 0.6) is 0 Å². The van der Waals surface area contributed by atoms with E-state index in [-0.39, 0.29) is 29.8 Å². The molecule has 2 heterocycles. The zero-order valence-electron chi connectivity index (χ0n) is 14.0. The van der Waals surface area contributed by atoms with Gasteiger partial charge in [-0.15, -0.1) is 35.3 Å². The van der Waals surface area contributed by atoms with Crippen LogP contribution in [0.2, 0.25) is 0 Å². The van der Waals surface area contributed by atoms with Crippen LogP contribution in [0.4, 0.5) is 4.39 Å². The largest absolute Gasteiger partial charge is 0.361 e. The normalized spacial score (nSPS) is 11.4. The highest BCUT2D eigenvalue weighted by atomic mass is 127. The van der Waals surface area contributed by atoms with Crippen LogP contribution in [0, 0.1) is 5.82 Å². The fraction of sp³-hybridized carbons (Fsp3) is 0.278. The van der Waals surface area contributed by atoms with Gasteiger partial charge >= 0.3 is 0 Å². The molecule has 0 atom stereocenters. The molecule has 0 amide bonds. The topological polar surface area (TPSA) is 52.2 Å². The van der Waals surface area contributed by atoms with Crippen LogP contribution in [0.25, 0.3) is 10.9 Å². The van der Waals surface area contributed by atoms with Crippen LogP contribution in [0.15, 0.2) is 46.9 Å². The number of fused-ring (bicyclic) bond motifs is 1. The molecule has 3 rings (SSSR count). The van der Waals surface area contributed by atoms with E-state index in [1.165, 1.54) is 10.9 Å². The molecular weight excluding hydrogens is 450 g/mol. The zero-order chi connectivity index (χ0) is 16.8. The van der Waals surface area contributed by atoms with E-state index in [1.807, 2.05) is 19.2 Å². The van der Waals surface area contributed by atoms with Crippen molar-refractivity contribution in [3.63, 3.8) is 0 Å².